The predicted molar refractivity (Wildman–Crippen MR) is 135 cm³/mol. The first kappa shape index (κ1) is 22.7. The summed E-state index contributed by atoms with van der Waals surface area (Å²) in [5, 5.41) is 11.0. The van der Waals surface area contributed by atoms with Crippen molar-refractivity contribution in [3.63, 3.8) is 0 Å². The molecule has 0 bridgehead atoms. The molecule has 1 aliphatic carbocycles. The van der Waals surface area contributed by atoms with Crippen LogP contribution in [0.3, 0.4) is 0 Å². The number of imide groups is 1. The topological polar surface area (TPSA) is 109 Å². The van der Waals surface area contributed by atoms with Crippen LogP contribution in [0.25, 0.3) is 16.6 Å². The first-order chi connectivity index (χ1) is 16.6. The molecule has 1 saturated heterocycles. The van der Waals surface area contributed by atoms with Gasteiger partial charge in [-0.25, -0.2) is 9.97 Å². The zero-order valence-electron chi connectivity index (χ0n) is 18.4. The normalized spacial score (nSPS) is 21.6. The number of hydrogen-bond acceptors (Lipinski definition) is 9. The van der Waals surface area contributed by atoms with Gasteiger partial charge in [-0.05, 0) is 73.2 Å². The Balaban J connectivity index is 1.11. The van der Waals surface area contributed by atoms with Crippen molar-refractivity contribution in [3.8, 4) is 10.6 Å². The lowest BCUT2D eigenvalue weighted by Gasteiger charge is -2.29. The Kier molecular flexibility index (Phi) is 6.98. The second kappa shape index (κ2) is 10.5. The molecule has 3 aromatic heterocycles. The third kappa shape index (κ3) is 5.69. The molecule has 3 aromatic rings. The highest BCUT2D eigenvalue weighted by molar-refractivity contribution is 8.18. The molecule has 2 fully saturated rings. The van der Waals surface area contributed by atoms with Gasteiger partial charge < -0.3 is 10.6 Å². The number of carbonyl (C=O) groups excluding carboxylic acids is 2. The van der Waals surface area contributed by atoms with Crippen LogP contribution in [0.4, 0.5) is 10.7 Å². The summed E-state index contributed by atoms with van der Waals surface area (Å²) in [7, 11) is 0. The van der Waals surface area contributed by atoms with Crippen LogP contribution in [0.1, 0.15) is 37.1 Å². The molecule has 0 unspecified atom stereocenters. The van der Waals surface area contributed by atoms with E-state index >= 15 is 0 Å². The van der Waals surface area contributed by atoms with Crippen molar-refractivity contribution in [1.82, 2.24) is 25.6 Å². The van der Waals surface area contributed by atoms with Crippen LogP contribution in [0.15, 0.2) is 52.9 Å². The summed E-state index contributed by atoms with van der Waals surface area (Å²) >= 11 is 2.59. The molecule has 0 atom stereocenters. The molecule has 2 aliphatic rings. The molecular weight excluding hydrogens is 468 g/mol. The lowest BCUT2D eigenvalue weighted by atomic mass is 9.91. The molecule has 1 saturated carbocycles. The Morgan fingerprint density at radius 2 is 1.88 bits per heavy atom. The van der Waals surface area contributed by atoms with Crippen LogP contribution >= 0.6 is 23.1 Å². The molecule has 4 heterocycles. The van der Waals surface area contributed by atoms with Crippen molar-refractivity contribution in [2.24, 2.45) is 0 Å². The van der Waals surface area contributed by atoms with Crippen LogP contribution < -0.4 is 16.0 Å². The molecular formula is C24H24N6O2S2. The Morgan fingerprint density at radius 1 is 1.03 bits per heavy atom. The second-order valence-electron chi connectivity index (χ2n) is 8.22. The number of anilines is 1. The maximum absolute atomic E-state index is 11.7. The predicted octanol–water partition coefficient (Wildman–Crippen LogP) is 4.44. The maximum atomic E-state index is 11.7. The molecule has 3 N–H and O–H groups in total. The average Bonchev–Trinajstić information content (AvgIpc) is 3.49. The van der Waals surface area contributed by atoms with E-state index in [4.69, 9.17) is 4.98 Å². The summed E-state index contributed by atoms with van der Waals surface area (Å²) in [5.41, 5.74) is 2.68. The van der Waals surface area contributed by atoms with Gasteiger partial charge in [0, 0.05) is 24.8 Å². The van der Waals surface area contributed by atoms with Crippen molar-refractivity contribution in [2.75, 3.05) is 5.32 Å². The zero-order valence-corrected chi connectivity index (χ0v) is 20.0. The molecule has 5 rings (SSSR count). The van der Waals surface area contributed by atoms with E-state index in [1.54, 1.807) is 29.7 Å². The Morgan fingerprint density at radius 3 is 2.65 bits per heavy atom. The van der Waals surface area contributed by atoms with Gasteiger partial charge in [-0.2, -0.15) is 0 Å². The summed E-state index contributed by atoms with van der Waals surface area (Å²) in [5.74, 6) is 0.150. The number of hydrogen-bond donors (Lipinski definition) is 3. The third-order valence-electron chi connectivity index (χ3n) is 5.81. The molecule has 10 heteroatoms. The van der Waals surface area contributed by atoms with Crippen LogP contribution in [0.2, 0.25) is 0 Å². The minimum Gasteiger partial charge on any atom is -0.351 e. The monoisotopic (exact) mass is 492 g/mol. The van der Waals surface area contributed by atoms with Gasteiger partial charge >= 0.3 is 0 Å². The minimum atomic E-state index is -0.387. The van der Waals surface area contributed by atoms with Crippen LogP contribution in [0, 0.1) is 0 Å². The summed E-state index contributed by atoms with van der Waals surface area (Å²) in [6.07, 6.45) is 7.42. The molecule has 34 heavy (non-hydrogen) atoms. The average molecular weight is 493 g/mol. The van der Waals surface area contributed by atoms with Crippen LogP contribution in [-0.2, 0) is 11.3 Å². The standard InChI is InChI=1S/C24H24N6O2S2/c31-22-21(34-24(32)30-22)13-17-10-11-25-23(29-17)28-16-8-6-15(7-9-16)26-14-18-3-1-4-19(27-18)20-5-2-12-33-20/h1-5,10-13,15-16,26H,6-9,14H2,(H,25,28,29)(H,30,31,32)/t15-,16-. The van der Waals surface area contributed by atoms with Crippen LogP contribution in [-0.4, -0.2) is 38.2 Å². The number of nitrogens with zero attached hydrogens (tertiary/aromatic N) is 3. The molecule has 8 nitrogen and oxygen atoms in total. The number of amides is 2. The fourth-order valence-electron chi connectivity index (χ4n) is 4.09. The fraction of sp³-hybridized carbons (Fsp3) is 0.292. The molecule has 0 spiro atoms. The SMILES string of the molecule is O=C1NC(=O)C(=Cc2ccnc(N[C@H]3CC[C@H](NCc4cccc(-c5cccs5)n4)CC3)n2)S1. The smallest absolute Gasteiger partial charge is 0.290 e. The van der Waals surface area contributed by atoms with E-state index in [-0.39, 0.29) is 11.1 Å². The number of nitrogens with one attached hydrogen (secondary N) is 3. The summed E-state index contributed by atoms with van der Waals surface area (Å²) in [6, 6.07) is 12.8. The van der Waals surface area contributed by atoms with Gasteiger partial charge in [0.1, 0.15) is 0 Å². The van der Waals surface area contributed by atoms with Crippen molar-refractivity contribution in [1.29, 1.82) is 0 Å². The number of thiophene rings is 1. The van der Waals surface area contributed by atoms with Crippen molar-refractivity contribution in [2.45, 2.75) is 44.3 Å². The van der Waals surface area contributed by atoms with Gasteiger partial charge in [0.25, 0.3) is 11.1 Å². The van der Waals surface area contributed by atoms with E-state index in [1.807, 2.05) is 6.07 Å². The molecule has 0 aromatic carbocycles. The summed E-state index contributed by atoms with van der Waals surface area (Å²) < 4.78 is 0. The first-order valence-electron chi connectivity index (χ1n) is 11.2. The lowest BCUT2D eigenvalue weighted by molar-refractivity contribution is -0.115. The zero-order chi connectivity index (χ0) is 23.3. The van der Waals surface area contributed by atoms with E-state index in [1.165, 1.54) is 4.88 Å². The molecule has 1 aliphatic heterocycles. The van der Waals surface area contributed by atoms with E-state index in [0.717, 1.165) is 55.4 Å². The molecule has 0 radical (unpaired) electrons. The highest BCUT2D eigenvalue weighted by atomic mass is 32.2. The van der Waals surface area contributed by atoms with E-state index in [0.29, 0.717) is 28.6 Å². The molecule has 2 amide bonds. The van der Waals surface area contributed by atoms with E-state index in [2.05, 4.69) is 55.6 Å². The number of carbonyl (C=O) groups is 2. The third-order valence-corrected chi connectivity index (χ3v) is 7.51. The van der Waals surface area contributed by atoms with Gasteiger partial charge in [-0.3, -0.25) is 19.9 Å². The first-order valence-corrected chi connectivity index (χ1v) is 12.9. The Bertz CT molecular complexity index is 1210. The van der Waals surface area contributed by atoms with Crippen molar-refractivity contribution in [3.05, 3.63) is 64.3 Å². The largest absolute Gasteiger partial charge is 0.351 e. The van der Waals surface area contributed by atoms with Gasteiger partial charge in [-0.15, -0.1) is 11.3 Å². The number of thioether (sulfide) groups is 1. The Hall–Kier alpha value is -3.08. The Labute approximate surface area is 205 Å². The number of rotatable bonds is 7. The highest BCUT2D eigenvalue weighted by Gasteiger charge is 2.25. The number of pyridine rings is 1. The fourth-order valence-corrected chi connectivity index (χ4v) is 5.45. The van der Waals surface area contributed by atoms with Crippen molar-refractivity contribution < 1.29 is 9.59 Å². The summed E-state index contributed by atoms with van der Waals surface area (Å²) in [6.45, 7) is 0.760. The molecule has 174 valence electrons. The van der Waals surface area contributed by atoms with Gasteiger partial charge in [-0.1, -0.05) is 12.1 Å². The summed E-state index contributed by atoms with van der Waals surface area (Å²) in [4.78, 5) is 38.2. The van der Waals surface area contributed by atoms with Gasteiger partial charge in [0.15, 0.2) is 0 Å². The van der Waals surface area contributed by atoms with Crippen LogP contribution in [0.5, 0.6) is 0 Å². The highest BCUT2D eigenvalue weighted by Crippen LogP contribution is 2.26. The second-order valence-corrected chi connectivity index (χ2v) is 10.2. The lowest BCUT2D eigenvalue weighted by Crippen LogP contribution is -2.37. The van der Waals surface area contributed by atoms with Crippen molar-refractivity contribution >= 4 is 46.3 Å². The van der Waals surface area contributed by atoms with Gasteiger partial charge in [0.2, 0.25) is 5.95 Å². The number of aromatic nitrogens is 3. The quantitative estimate of drug-likeness (QED) is 0.416. The minimum absolute atomic E-state index is 0.298. The maximum Gasteiger partial charge on any atom is 0.290 e. The van der Waals surface area contributed by atoms with E-state index < -0.39 is 0 Å². The van der Waals surface area contributed by atoms with Gasteiger partial charge in [0.05, 0.1) is 26.9 Å². The van der Waals surface area contributed by atoms with E-state index in [9.17, 15) is 9.59 Å².